The lowest BCUT2D eigenvalue weighted by atomic mass is 9.99. The third-order valence-electron chi connectivity index (χ3n) is 3.96. The zero-order chi connectivity index (χ0) is 16.1. The van der Waals surface area contributed by atoms with Crippen molar-refractivity contribution in [3.63, 3.8) is 0 Å². The number of rotatable bonds is 5. The molecule has 2 heterocycles. The zero-order valence-electron chi connectivity index (χ0n) is 13.5. The molecule has 2 rings (SSSR count). The summed E-state index contributed by atoms with van der Waals surface area (Å²) in [5.74, 6) is -0.424. The third kappa shape index (κ3) is 3.88. The number of anilines is 1. The van der Waals surface area contributed by atoms with Crippen molar-refractivity contribution in [2.24, 2.45) is 0 Å². The van der Waals surface area contributed by atoms with E-state index in [-0.39, 0.29) is 11.9 Å². The van der Waals surface area contributed by atoms with E-state index in [9.17, 15) is 9.59 Å². The van der Waals surface area contributed by atoms with Gasteiger partial charge >= 0.3 is 5.97 Å². The summed E-state index contributed by atoms with van der Waals surface area (Å²) in [4.78, 5) is 29.2. The predicted molar refractivity (Wildman–Crippen MR) is 84.9 cm³/mol. The second-order valence-electron chi connectivity index (χ2n) is 5.85. The number of carbonyl (C=O) groups excluding carboxylic acids is 2. The fourth-order valence-electron chi connectivity index (χ4n) is 2.87. The van der Waals surface area contributed by atoms with E-state index in [1.54, 1.807) is 19.2 Å². The number of hydrogen-bond donors (Lipinski definition) is 2. The number of nitrogens with zero attached hydrogens (tertiary/aromatic N) is 1. The highest BCUT2D eigenvalue weighted by atomic mass is 16.5. The maximum Gasteiger partial charge on any atom is 0.354 e. The minimum atomic E-state index is -0.413. The Morgan fingerprint density at radius 1 is 1.45 bits per heavy atom. The van der Waals surface area contributed by atoms with E-state index in [4.69, 9.17) is 4.74 Å². The molecule has 0 aliphatic carbocycles. The first-order chi connectivity index (χ1) is 10.5. The summed E-state index contributed by atoms with van der Waals surface area (Å²) >= 11 is 0. The summed E-state index contributed by atoms with van der Waals surface area (Å²) in [6.45, 7) is 7.26. The van der Waals surface area contributed by atoms with Crippen LogP contribution in [0.2, 0.25) is 0 Å². The van der Waals surface area contributed by atoms with E-state index < -0.39 is 5.97 Å². The highest BCUT2D eigenvalue weighted by Crippen LogP contribution is 2.21. The molecular weight excluding hydrogens is 282 g/mol. The molecule has 0 aromatic carbocycles. The van der Waals surface area contributed by atoms with E-state index >= 15 is 0 Å². The van der Waals surface area contributed by atoms with Crippen molar-refractivity contribution in [1.82, 2.24) is 9.88 Å². The molecule has 0 spiro atoms. The maximum atomic E-state index is 12.5. The van der Waals surface area contributed by atoms with Crippen molar-refractivity contribution in [3.8, 4) is 0 Å². The largest absolute Gasteiger partial charge is 0.461 e. The Morgan fingerprint density at radius 2 is 2.23 bits per heavy atom. The fraction of sp³-hybridized carbons (Fsp3) is 0.625. The van der Waals surface area contributed by atoms with Gasteiger partial charge in [-0.3, -0.25) is 9.69 Å². The summed E-state index contributed by atoms with van der Waals surface area (Å²) in [6, 6.07) is 1.85. The molecule has 1 fully saturated rings. The normalized spacial score (nSPS) is 19.2. The minimum absolute atomic E-state index is 0.0113. The highest BCUT2D eigenvalue weighted by molar-refractivity contribution is 5.96. The molecule has 22 heavy (non-hydrogen) atoms. The lowest BCUT2D eigenvalue weighted by molar-refractivity contribution is -0.123. The number of hydrogen-bond acceptors (Lipinski definition) is 4. The topological polar surface area (TPSA) is 74.4 Å². The summed E-state index contributed by atoms with van der Waals surface area (Å²) in [7, 11) is 0. The van der Waals surface area contributed by atoms with Crippen LogP contribution in [0, 0.1) is 0 Å². The molecule has 6 nitrogen and oxygen atoms in total. The molecular formula is C16H25N3O3. The van der Waals surface area contributed by atoms with Gasteiger partial charge in [0.1, 0.15) is 5.69 Å². The second kappa shape index (κ2) is 7.45. The van der Waals surface area contributed by atoms with Crippen molar-refractivity contribution in [2.45, 2.75) is 52.1 Å². The Morgan fingerprint density at radius 3 is 2.91 bits per heavy atom. The maximum absolute atomic E-state index is 12.5. The standard InChI is InChI=1S/C16H25N3O3/c1-4-22-16(21)13-9-12(10-17-13)18-15(20)14-7-5-6-8-19(14)11(2)3/h9-11,14,17H,4-8H2,1-3H3,(H,18,20)/t14-/m1/s1. The number of nitrogens with one attached hydrogen (secondary N) is 2. The molecule has 1 saturated heterocycles. The van der Waals surface area contributed by atoms with Crippen molar-refractivity contribution >= 4 is 17.6 Å². The van der Waals surface area contributed by atoms with Gasteiger partial charge < -0.3 is 15.0 Å². The first-order valence-corrected chi connectivity index (χ1v) is 7.95. The van der Waals surface area contributed by atoms with Crippen LogP contribution in [0.4, 0.5) is 5.69 Å². The molecule has 1 amide bonds. The smallest absolute Gasteiger partial charge is 0.354 e. The van der Waals surface area contributed by atoms with Crippen LogP contribution in [0.25, 0.3) is 0 Å². The van der Waals surface area contributed by atoms with Gasteiger partial charge in [0.2, 0.25) is 5.91 Å². The van der Waals surface area contributed by atoms with Crippen LogP contribution in [-0.2, 0) is 9.53 Å². The predicted octanol–water partition coefficient (Wildman–Crippen LogP) is 2.39. The van der Waals surface area contributed by atoms with Gasteiger partial charge in [0.15, 0.2) is 0 Å². The lowest BCUT2D eigenvalue weighted by Crippen LogP contribution is -2.50. The molecule has 0 unspecified atom stereocenters. The van der Waals surface area contributed by atoms with Crippen molar-refractivity contribution < 1.29 is 14.3 Å². The molecule has 0 bridgehead atoms. The first-order valence-electron chi connectivity index (χ1n) is 7.95. The number of aromatic amines is 1. The van der Waals surface area contributed by atoms with Gasteiger partial charge in [-0.2, -0.15) is 0 Å². The molecule has 1 aliphatic rings. The fourth-order valence-corrected chi connectivity index (χ4v) is 2.87. The van der Waals surface area contributed by atoms with Gasteiger partial charge in [-0.05, 0) is 46.2 Å². The van der Waals surface area contributed by atoms with Gasteiger partial charge in [-0.25, -0.2) is 4.79 Å². The molecule has 1 aromatic rings. The van der Waals surface area contributed by atoms with Gasteiger partial charge in [0, 0.05) is 12.2 Å². The van der Waals surface area contributed by atoms with Crippen LogP contribution in [-0.4, -0.2) is 47.0 Å². The third-order valence-corrected chi connectivity index (χ3v) is 3.96. The number of piperidine rings is 1. The lowest BCUT2D eigenvalue weighted by Gasteiger charge is -2.37. The van der Waals surface area contributed by atoms with Crippen molar-refractivity contribution in [1.29, 1.82) is 0 Å². The number of amides is 1. The quantitative estimate of drug-likeness (QED) is 0.819. The number of carbonyl (C=O) groups is 2. The van der Waals surface area contributed by atoms with Crippen molar-refractivity contribution in [2.75, 3.05) is 18.5 Å². The number of ether oxygens (including phenoxy) is 1. The number of aromatic nitrogens is 1. The van der Waals surface area contributed by atoms with Crippen LogP contribution in [0.3, 0.4) is 0 Å². The number of H-pyrrole nitrogens is 1. The van der Waals surface area contributed by atoms with Crippen LogP contribution in [0.5, 0.6) is 0 Å². The molecule has 0 radical (unpaired) electrons. The van der Waals surface area contributed by atoms with E-state index in [0.29, 0.717) is 24.0 Å². The van der Waals surface area contributed by atoms with Crippen LogP contribution in [0.1, 0.15) is 50.5 Å². The molecule has 122 valence electrons. The van der Waals surface area contributed by atoms with Crippen LogP contribution >= 0.6 is 0 Å². The van der Waals surface area contributed by atoms with Crippen LogP contribution in [0.15, 0.2) is 12.3 Å². The molecule has 1 atom stereocenters. The summed E-state index contributed by atoms with van der Waals surface area (Å²) in [5.41, 5.74) is 0.948. The summed E-state index contributed by atoms with van der Waals surface area (Å²) in [5, 5.41) is 2.89. The number of likely N-dealkylation sites (tertiary alicyclic amines) is 1. The summed E-state index contributed by atoms with van der Waals surface area (Å²) in [6.07, 6.45) is 4.70. The highest BCUT2D eigenvalue weighted by Gasteiger charge is 2.30. The van der Waals surface area contributed by atoms with Gasteiger partial charge in [0.25, 0.3) is 0 Å². The minimum Gasteiger partial charge on any atom is -0.461 e. The van der Waals surface area contributed by atoms with E-state index in [0.717, 1.165) is 25.8 Å². The van der Waals surface area contributed by atoms with E-state index in [1.165, 1.54) is 0 Å². The number of esters is 1. The van der Waals surface area contributed by atoms with Crippen LogP contribution < -0.4 is 5.32 Å². The SMILES string of the molecule is CCOC(=O)c1cc(NC(=O)[C@H]2CCCCN2C(C)C)c[nH]1. The van der Waals surface area contributed by atoms with Gasteiger partial charge in [-0.1, -0.05) is 6.42 Å². The Balaban J connectivity index is 2.00. The molecule has 2 N–H and O–H groups in total. The van der Waals surface area contributed by atoms with E-state index in [2.05, 4.69) is 29.0 Å². The van der Waals surface area contributed by atoms with Gasteiger partial charge in [-0.15, -0.1) is 0 Å². The van der Waals surface area contributed by atoms with Gasteiger partial charge in [0.05, 0.1) is 18.3 Å². The zero-order valence-corrected chi connectivity index (χ0v) is 13.5. The monoisotopic (exact) mass is 307 g/mol. The molecule has 1 aliphatic heterocycles. The Bertz CT molecular complexity index is 524. The Kier molecular flexibility index (Phi) is 5.60. The average molecular weight is 307 g/mol. The second-order valence-corrected chi connectivity index (χ2v) is 5.85. The van der Waals surface area contributed by atoms with Crippen molar-refractivity contribution in [3.05, 3.63) is 18.0 Å². The Hall–Kier alpha value is -1.82. The molecule has 0 saturated carbocycles. The van der Waals surface area contributed by atoms with E-state index in [1.807, 2.05) is 0 Å². The average Bonchev–Trinajstić information content (AvgIpc) is 2.96. The molecule has 1 aromatic heterocycles. The summed E-state index contributed by atoms with van der Waals surface area (Å²) < 4.78 is 4.92. The Labute approximate surface area is 131 Å². The molecule has 6 heteroatoms. The first kappa shape index (κ1) is 16.5.